The Morgan fingerprint density at radius 3 is 2.43 bits per heavy atom. The molecule has 0 fully saturated rings. The number of carboxylic acid groups (broad SMARTS) is 1. The van der Waals surface area contributed by atoms with Gasteiger partial charge >= 0.3 is 18.4 Å². The molecule has 9 nitrogen and oxygen atoms in total. The van der Waals surface area contributed by atoms with Crippen LogP contribution in [-0.4, -0.2) is 33.1 Å². The highest BCUT2D eigenvalue weighted by molar-refractivity contribution is 5.91. The molecule has 3 aromatic rings. The minimum atomic E-state index is -4.87. The van der Waals surface area contributed by atoms with Gasteiger partial charge in [0.1, 0.15) is 11.5 Å². The SMILES string of the molecule is Cc1cc(-c2cccc(OC(F)(F)F)c2)cc(C(CC(=O)O)NC(=O)Nc2c(O)cc(C)n(C)c2=O)c1. The first-order valence-electron chi connectivity index (χ1n) is 10.9. The molecule has 0 radical (unpaired) electrons. The third-order valence-corrected chi connectivity index (χ3v) is 5.47. The second-order valence-electron chi connectivity index (χ2n) is 8.37. The molecular formula is C25H24F3N3O6. The minimum absolute atomic E-state index is 0.357. The number of urea groups is 1. The fraction of sp³-hybridized carbons (Fsp3) is 0.240. The number of alkyl halides is 3. The highest BCUT2D eigenvalue weighted by Gasteiger charge is 2.31. The Morgan fingerprint density at radius 2 is 1.78 bits per heavy atom. The number of nitrogens with one attached hydrogen (secondary N) is 2. The molecule has 1 aromatic heterocycles. The van der Waals surface area contributed by atoms with E-state index in [1.165, 1.54) is 35.9 Å². The van der Waals surface area contributed by atoms with E-state index in [2.05, 4.69) is 15.4 Å². The van der Waals surface area contributed by atoms with Gasteiger partial charge in [0.25, 0.3) is 5.56 Å². The van der Waals surface area contributed by atoms with Gasteiger partial charge in [0, 0.05) is 18.8 Å². The number of carboxylic acids is 1. The molecule has 12 heteroatoms. The van der Waals surface area contributed by atoms with E-state index in [0.717, 1.165) is 6.07 Å². The molecule has 3 rings (SSSR count). The number of aryl methyl sites for hydroxylation is 2. The summed E-state index contributed by atoms with van der Waals surface area (Å²) in [5.74, 6) is -2.11. The van der Waals surface area contributed by atoms with Gasteiger partial charge in [0.2, 0.25) is 0 Å². The number of pyridine rings is 1. The van der Waals surface area contributed by atoms with E-state index in [0.29, 0.717) is 27.9 Å². The molecule has 1 atom stereocenters. The van der Waals surface area contributed by atoms with Crippen molar-refractivity contribution in [1.82, 2.24) is 9.88 Å². The van der Waals surface area contributed by atoms with Gasteiger partial charge in [-0.25, -0.2) is 4.79 Å². The quantitative estimate of drug-likeness (QED) is 0.361. The maximum Gasteiger partial charge on any atom is 0.573 e. The largest absolute Gasteiger partial charge is 0.573 e. The number of hydrogen-bond acceptors (Lipinski definition) is 5. The topological polar surface area (TPSA) is 130 Å². The Labute approximate surface area is 209 Å². The molecule has 4 N–H and O–H groups in total. The summed E-state index contributed by atoms with van der Waals surface area (Å²) in [4.78, 5) is 36.7. The molecule has 0 aliphatic rings. The zero-order valence-corrected chi connectivity index (χ0v) is 20.0. The van der Waals surface area contributed by atoms with Crippen molar-refractivity contribution < 1.29 is 37.7 Å². The third-order valence-electron chi connectivity index (χ3n) is 5.47. The first kappa shape index (κ1) is 27.1. The standard InChI is InChI=1S/C25H24F3N3O6/c1-13-7-16(15-5-4-6-18(11-15)37-25(26,27)28)10-17(8-13)19(12-21(33)34)29-24(36)30-22-20(32)9-14(2)31(3)23(22)35/h4-11,19,32H,12H2,1-3H3,(H,33,34)(H2,29,30,36). The summed E-state index contributed by atoms with van der Waals surface area (Å²) >= 11 is 0. The molecule has 0 aliphatic heterocycles. The highest BCUT2D eigenvalue weighted by Crippen LogP contribution is 2.31. The predicted molar refractivity (Wildman–Crippen MR) is 129 cm³/mol. The number of halogens is 3. The highest BCUT2D eigenvalue weighted by atomic mass is 19.4. The van der Waals surface area contributed by atoms with E-state index in [4.69, 9.17) is 0 Å². The van der Waals surface area contributed by atoms with Crippen LogP contribution in [0.4, 0.5) is 23.7 Å². The molecule has 37 heavy (non-hydrogen) atoms. The normalized spacial score (nSPS) is 12.1. The van der Waals surface area contributed by atoms with Crippen molar-refractivity contribution in [3.63, 3.8) is 0 Å². The number of benzene rings is 2. The lowest BCUT2D eigenvalue weighted by atomic mass is 9.95. The Bertz CT molecular complexity index is 1400. The van der Waals surface area contributed by atoms with Crippen molar-refractivity contribution in [1.29, 1.82) is 0 Å². The van der Waals surface area contributed by atoms with Crippen LogP contribution in [-0.2, 0) is 11.8 Å². The minimum Gasteiger partial charge on any atom is -0.505 e. The number of aromatic nitrogens is 1. The number of rotatable bonds is 7. The molecule has 1 heterocycles. The maximum atomic E-state index is 12.7. The maximum absolute atomic E-state index is 12.7. The van der Waals surface area contributed by atoms with Crippen LogP contribution in [0, 0.1) is 13.8 Å². The summed E-state index contributed by atoms with van der Waals surface area (Å²) in [5, 5.41) is 24.3. The fourth-order valence-electron chi connectivity index (χ4n) is 3.71. The molecule has 0 spiro atoms. The lowest BCUT2D eigenvalue weighted by Gasteiger charge is -2.20. The molecule has 2 amide bonds. The lowest BCUT2D eigenvalue weighted by Crippen LogP contribution is -2.36. The Morgan fingerprint density at radius 1 is 1.08 bits per heavy atom. The van der Waals surface area contributed by atoms with Crippen LogP contribution < -0.4 is 20.9 Å². The van der Waals surface area contributed by atoms with Crippen LogP contribution in [0.25, 0.3) is 11.1 Å². The van der Waals surface area contributed by atoms with E-state index in [9.17, 15) is 37.8 Å². The van der Waals surface area contributed by atoms with Gasteiger partial charge in [0.15, 0.2) is 5.69 Å². The Hall–Kier alpha value is -4.48. The van der Waals surface area contributed by atoms with Crippen LogP contribution in [0.1, 0.15) is 29.3 Å². The Balaban J connectivity index is 1.93. The van der Waals surface area contributed by atoms with Gasteiger partial charge in [0.05, 0.1) is 12.5 Å². The summed E-state index contributed by atoms with van der Waals surface area (Å²) in [6, 6.07) is 9.39. The van der Waals surface area contributed by atoms with Gasteiger partial charge in [-0.2, -0.15) is 0 Å². The number of aromatic hydroxyl groups is 1. The van der Waals surface area contributed by atoms with Gasteiger partial charge < -0.3 is 30.2 Å². The molecule has 0 bridgehead atoms. The van der Waals surface area contributed by atoms with Crippen LogP contribution in [0.15, 0.2) is 53.3 Å². The van der Waals surface area contributed by atoms with Crippen molar-refractivity contribution in [2.24, 2.45) is 7.05 Å². The second kappa shape index (κ2) is 10.6. The van der Waals surface area contributed by atoms with E-state index in [1.807, 2.05) is 0 Å². The number of anilines is 1. The van der Waals surface area contributed by atoms with Crippen LogP contribution in [0.3, 0.4) is 0 Å². The van der Waals surface area contributed by atoms with E-state index >= 15 is 0 Å². The monoisotopic (exact) mass is 519 g/mol. The number of aliphatic carboxylic acids is 1. The van der Waals surface area contributed by atoms with Crippen molar-refractivity contribution >= 4 is 17.7 Å². The molecule has 2 aromatic carbocycles. The molecule has 0 saturated heterocycles. The zero-order chi connectivity index (χ0) is 27.5. The average Bonchev–Trinajstić information content (AvgIpc) is 2.78. The summed E-state index contributed by atoms with van der Waals surface area (Å²) in [6.45, 7) is 3.29. The smallest absolute Gasteiger partial charge is 0.505 e. The molecule has 0 aliphatic carbocycles. The van der Waals surface area contributed by atoms with Gasteiger partial charge in [-0.05, 0) is 48.7 Å². The number of carbonyl (C=O) groups excluding carboxylic acids is 1. The van der Waals surface area contributed by atoms with Crippen molar-refractivity contribution in [2.75, 3.05) is 5.32 Å². The van der Waals surface area contributed by atoms with Gasteiger partial charge in [-0.15, -0.1) is 13.2 Å². The Kier molecular flexibility index (Phi) is 7.80. The zero-order valence-electron chi connectivity index (χ0n) is 20.0. The summed E-state index contributed by atoms with van der Waals surface area (Å²) in [7, 11) is 1.45. The van der Waals surface area contributed by atoms with Crippen LogP contribution in [0.5, 0.6) is 11.5 Å². The summed E-state index contributed by atoms with van der Waals surface area (Å²) in [5.41, 5.74) is 1.25. The van der Waals surface area contributed by atoms with Crippen molar-refractivity contribution in [2.45, 2.75) is 32.7 Å². The number of amides is 2. The first-order valence-corrected chi connectivity index (χ1v) is 10.9. The van der Waals surface area contributed by atoms with E-state index in [1.54, 1.807) is 32.0 Å². The molecule has 1 unspecified atom stereocenters. The number of nitrogens with zero attached hydrogens (tertiary/aromatic N) is 1. The van der Waals surface area contributed by atoms with Gasteiger partial charge in [-0.3, -0.25) is 9.59 Å². The number of ether oxygens (including phenoxy) is 1. The van der Waals surface area contributed by atoms with Gasteiger partial charge in [-0.1, -0.05) is 29.8 Å². The summed E-state index contributed by atoms with van der Waals surface area (Å²) < 4.78 is 43.1. The number of carbonyl (C=O) groups is 2. The van der Waals surface area contributed by atoms with E-state index in [-0.39, 0.29) is 5.69 Å². The van der Waals surface area contributed by atoms with Crippen molar-refractivity contribution in [3.05, 3.63) is 75.7 Å². The predicted octanol–water partition coefficient (Wildman–Crippen LogP) is 4.61. The molecular weight excluding hydrogens is 495 g/mol. The average molecular weight is 519 g/mol. The van der Waals surface area contributed by atoms with Crippen molar-refractivity contribution in [3.8, 4) is 22.6 Å². The molecule has 0 saturated carbocycles. The van der Waals surface area contributed by atoms with Crippen LogP contribution in [0.2, 0.25) is 0 Å². The second-order valence-corrected chi connectivity index (χ2v) is 8.37. The number of hydrogen-bond donors (Lipinski definition) is 4. The first-order chi connectivity index (χ1) is 17.2. The summed E-state index contributed by atoms with van der Waals surface area (Å²) in [6.07, 6.45) is -5.40. The molecule has 196 valence electrons. The third kappa shape index (κ3) is 7.03. The van der Waals surface area contributed by atoms with Crippen LogP contribution >= 0.6 is 0 Å². The van der Waals surface area contributed by atoms with E-state index < -0.39 is 47.9 Å². The fourth-order valence-corrected chi connectivity index (χ4v) is 3.71. The lowest BCUT2D eigenvalue weighted by molar-refractivity contribution is -0.274.